The largest absolute Gasteiger partial charge is 0.480 e. The minimum atomic E-state index is -0.751. The van der Waals surface area contributed by atoms with Gasteiger partial charge in [0.1, 0.15) is 6.04 Å². The van der Waals surface area contributed by atoms with E-state index in [1.165, 1.54) is 5.56 Å². The molecule has 1 aromatic rings. The van der Waals surface area contributed by atoms with Crippen molar-refractivity contribution < 1.29 is 9.90 Å². The summed E-state index contributed by atoms with van der Waals surface area (Å²) in [6.45, 7) is 3.87. The second-order valence-corrected chi connectivity index (χ2v) is 5.09. The van der Waals surface area contributed by atoms with Crippen molar-refractivity contribution in [2.45, 2.75) is 38.3 Å². The molecule has 92 valence electrons. The number of carboxylic acids is 1. The van der Waals surface area contributed by atoms with Crippen molar-refractivity contribution in [1.82, 2.24) is 5.32 Å². The smallest absolute Gasteiger partial charge is 0.320 e. The van der Waals surface area contributed by atoms with E-state index in [4.69, 9.17) is 5.11 Å². The summed E-state index contributed by atoms with van der Waals surface area (Å²) in [5.74, 6) is -0.153. The van der Waals surface area contributed by atoms with E-state index >= 15 is 0 Å². The van der Waals surface area contributed by atoms with Gasteiger partial charge in [-0.3, -0.25) is 4.79 Å². The van der Waals surface area contributed by atoms with Gasteiger partial charge in [0.2, 0.25) is 0 Å². The summed E-state index contributed by atoms with van der Waals surface area (Å²) < 4.78 is 0. The molecule has 2 rings (SSSR count). The number of hydrogen-bond donors (Lipinski definition) is 2. The topological polar surface area (TPSA) is 49.3 Å². The first kappa shape index (κ1) is 12.1. The van der Waals surface area contributed by atoms with Crippen LogP contribution in [0.5, 0.6) is 0 Å². The zero-order valence-corrected chi connectivity index (χ0v) is 10.3. The molecule has 1 fully saturated rings. The molecule has 1 aliphatic carbocycles. The summed E-state index contributed by atoms with van der Waals surface area (Å²) in [4.78, 5) is 11.1. The van der Waals surface area contributed by atoms with Crippen molar-refractivity contribution in [3.8, 4) is 0 Å². The Hall–Kier alpha value is -1.35. The maximum Gasteiger partial charge on any atom is 0.320 e. The highest BCUT2D eigenvalue weighted by molar-refractivity contribution is 5.73. The minimum Gasteiger partial charge on any atom is -0.480 e. The van der Waals surface area contributed by atoms with Crippen LogP contribution in [0.15, 0.2) is 30.3 Å². The first-order valence-corrected chi connectivity index (χ1v) is 6.13. The van der Waals surface area contributed by atoms with E-state index in [-0.39, 0.29) is 5.92 Å². The van der Waals surface area contributed by atoms with E-state index in [1.807, 2.05) is 32.0 Å². The lowest BCUT2D eigenvalue weighted by atomic mass is 10.0. The third-order valence-corrected chi connectivity index (χ3v) is 3.34. The van der Waals surface area contributed by atoms with Gasteiger partial charge in [-0.25, -0.2) is 0 Å². The molecule has 0 amide bonds. The van der Waals surface area contributed by atoms with E-state index in [1.54, 1.807) is 0 Å². The molecule has 0 spiro atoms. The number of nitrogens with one attached hydrogen (secondary N) is 1. The van der Waals surface area contributed by atoms with Gasteiger partial charge >= 0.3 is 5.97 Å². The first-order chi connectivity index (χ1) is 8.09. The summed E-state index contributed by atoms with van der Waals surface area (Å²) in [5.41, 5.74) is 1.30. The van der Waals surface area contributed by atoms with Crippen LogP contribution >= 0.6 is 0 Å². The lowest BCUT2D eigenvalue weighted by Crippen LogP contribution is -2.42. The molecule has 1 aliphatic rings. The second-order valence-electron chi connectivity index (χ2n) is 5.09. The Labute approximate surface area is 102 Å². The normalized spacial score (nSPS) is 24.6. The molecule has 2 N–H and O–H groups in total. The van der Waals surface area contributed by atoms with Crippen LogP contribution in [0.4, 0.5) is 0 Å². The predicted molar refractivity (Wildman–Crippen MR) is 67.0 cm³/mol. The van der Waals surface area contributed by atoms with E-state index in [0.29, 0.717) is 12.0 Å². The van der Waals surface area contributed by atoms with Crippen LogP contribution in [0, 0.1) is 5.92 Å². The highest BCUT2D eigenvalue weighted by Crippen LogP contribution is 2.41. The molecule has 1 saturated carbocycles. The molecular formula is C14H19NO2. The van der Waals surface area contributed by atoms with Crippen LogP contribution in [-0.4, -0.2) is 23.2 Å². The van der Waals surface area contributed by atoms with E-state index < -0.39 is 12.0 Å². The minimum absolute atomic E-state index is 0.115. The number of carboxylic acid groups (broad SMARTS) is 1. The molecule has 0 radical (unpaired) electrons. The Balaban J connectivity index is 1.93. The Bertz CT molecular complexity index is 388. The quantitative estimate of drug-likeness (QED) is 0.820. The van der Waals surface area contributed by atoms with Gasteiger partial charge in [0.15, 0.2) is 0 Å². The molecule has 1 aromatic carbocycles. The summed E-state index contributed by atoms with van der Waals surface area (Å²) in [6.07, 6.45) is 1.04. The fourth-order valence-electron chi connectivity index (χ4n) is 2.23. The lowest BCUT2D eigenvalue weighted by Gasteiger charge is -2.17. The Morgan fingerprint density at radius 2 is 2.00 bits per heavy atom. The van der Waals surface area contributed by atoms with Crippen molar-refractivity contribution in [3.63, 3.8) is 0 Å². The van der Waals surface area contributed by atoms with Crippen molar-refractivity contribution in [3.05, 3.63) is 35.9 Å². The molecule has 0 saturated heterocycles. The Morgan fingerprint density at radius 1 is 1.35 bits per heavy atom. The SMILES string of the molecule is CC(C)C(NC1CC1c1ccccc1)C(=O)O. The van der Waals surface area contributed by atoms with Gasteiger partial charge < -0.3 is 10.4 Å². The highest BCUT2D eigenvalue weighted by atomic mass is 16.4. The average Bonchev–Trinajstić information content (AvgIpc) is 3.05. The number of carbonyl (C=O) groups is 1. The number of hydrogen-bond acceptors (Lipinski definition) is 2. The zero-order valence-electron chi connectivity index (χ0n) is 10.3. The Kier molecular flexibility index (Phi) is 3.48. The van der Waals surface area contributed by atoms with Gasteiger partial charge in [0.05, 0.1) is 0 Å². The monoisotopic (exact) mass is 233 g/mol. The number of benzene rings is 1. The van der Waals surface area contributed by atoms with E-state index in [9.17, 15) is 4.79 Å². The molecule has 3 nitrogen and oxygen atoms in total. The first-order valence-electron chi connectivity index (χ1n) is 6.13. The third-order valence-electron chi connectivity index (χ3n) is 3.34. The second kappa shape index (κ2) is 4.88. The summed E-state index contributed by atoms with van der Waals surface area (Å²) >= 11 is 0. The van der Waals surface area contributed by atoms with Crippen molar-refractivity contribution in [1.29, 1.82) is 0 Å². The van der Waals surface area contributed by atoms with Crippen LogP contribution in [0.25, 0.3) is 0 Å². The van der Waals surface area contributed by atoms with Crippen LogP contribution in [-0.2, 0) is 4.79 Å². The zero-order chi connectivity index (χ0) is 12.4. The van der Waals surface area contributed by atoms with Gasteiger partial charge in [-0.05, 0) is 17.9 Å². The molecule has 0 heterocycles. The predicted octanol–water partition coefficient (Wildman–Crippen LogP) is 2.24. The van der Waals surface area contributed by atoms with E-state index in [2.05, 4.69) is 17.4 Å². The van der Waals surface area contributed by atoms with E-state index in [0.717, 1.165) is 6.42 Å². The molecule has 0 bridgehead atoms. The lowest BCUT2D eigenvalue weighted by molar-refractivity contribution is -0.140. The summed E-state index contributed by atoms with van der Waals surface area (Å²) in [5, 5.41) is 12.4. The molecule has 17 heavy (non-hydrogen) atoms. The number of rotatable bonds is 5. The van der Waals surface area contributed by atoms with Crippen LogP contribution in [0.3, 0.4) is 0 Å². The molecular weight excluding hydrogens is 214 g/mol. The maximum atomic E-state index is 11.1. The standard InChI is InChI=1S/C14H19NO2/c1-9(2)13(14(16)17)15-12-8-11(12)10-6-4-3-5-7-10/h3-7,9,11-13,15H,8H2,1-2H3,(H,16,17). The highest BCUT2D eigenvalue weighted by Gasteiger charge is 2.41. The van der Waals surface area contributed by atoms with Crippen molar-refractivity contribution >= 4 is 5.97 Å². The van der Waals surface area contributed by atoms with Crippen LogP contribution in [0.1, 0.15) is 31.7 Å². The Morgan fingerprint density at radius 3 is 2.53 bits per heavy atom. The third kappa shape index (κ3) is 2.86. The summed E-state index contributed by atoms with van der Waals surface area (Å²) in [7, 11) is 0. The molecule has 3 unspecified atom stereocenters. The fourth-order valence-corrected chi connectivity index (χ4v) is 2.23. The summed E-state index contributed by atoms with van der Waals surface area (Å²) in [6, 6.07) is 10.2. The van der Waals surface area contributed by atoms with Crippen LogP contribution < -0.4 is 5.32 Å². The number of aliphatic carboxylic acids is 1. The molecule has 3 atom stereocenters. The van der Waals surface area contributed by atoms with Crippen LogP contribution in [0.2, 0.25) is 0 Å². The van der Waals surface area contributed by atoms with Gasteiger partial charge in [0, 0.05) is 12.0 Å². The van der Waals surface area contributed by atoms with Gasteiger partial charge in [-0.15, -0.1) is 0 Å². The van der Waals surface area contributed by atoms with Crippen molar-refractivity contribution in [2.75, 3.05) is 0 Å². The maximum absolute atomic E-state index is 11.1. The average molecular weight is 233 g/mol. The molecule has 3 heteroatoms. The molecule has 0 aromatic heterocycles. The van der Waals surface area contributed by atoms with Gasteiger partial charge in [0.25, 0.3) is 0 Å². The van der Waals surface area contributed by atoms with Gasteiger partial charge in [-0.2, -0.15) is 0 Å². The van der Waals surface area contributed by atoms with Gasteiger partial charge in [-0.1, -0.05) is 44.2 Å². The molecule has 0 aliphatic heterocycles. The van der Waals surface area contributed by atoms with Crippen molar-refractivity contribution in [2.24, 2.45) is 5.92 Å². The fraction of sp³-hybridized carbons (Fsp3) is 0.500.